The molecule has 5 heteroatoms. The summed E-state index contributed by atoms with van der Waals surface area (Å²) in [6.07, 6.45) is 4.57. The number of aromatic nitrogens is 2. The van der Waals surface area contributed by atoms with E-state index in [1.807, 2.05) is 53.2 Å². The molecule has 4 aromatic rings. The largest absolute Gasteiger partial charge is 0.453 e. The maximum Gasteiger partial charge on any atom is 0.185 e. The van der Waals surface area contributed by atoms with Gasteiger partial charge in [-0.25, -0.2) is 4.98 Å². The first-order valence-electron chi connectivity index (χ1n) is 7.03. The van der Waals surface area contributed by atoms with Gasteiger partial charge in [0.25, 0.3) is 0 Å². The highest BCUT2D eigenvalue weighted by Crippen LogP contribution is 2.25. The van der Waals surface area contributed by atoms with Crippen molar-refractivity contribution in [2.75, 3.05) is 0 Å². The zero-order chi connectivity index (χ0) is 15.8. The summed E-state index contributed by atoms with van der Waals surface area (Å²) in [4.78, 5) is 15.3. The lowest BCUT2D eigenvalue weighted by molar-refractivity contribution is 0.110. The van der Waals surface area contributed by atoms with Crippen LogP contribution in [0.4, 0.5) is 0 Å². The summed E-state index contributed by atoms with van der Waals surface area (Å²) >= 11 is 5.92. The van der Waals surface area contributed by atoms with Crippen molar-refractivity contribution in [3.8, 4) is 22.6 Å². The van der Waals surface area contributed by atoms with E-state index >= 15 is 0 Å². The Bertz CT molecular complexity index is 999. The molecule has 23 heavy (non-hydrogen) atoms. The lowest BCUT2D eigenvalue weighted by atomic mass is 10.2. The number of hydrogen-bond donors (Lipinski definition) is 0. The van der Waals surface area contributed by atoms with Crippen LogP contribution in [0.25, 0.3) is 28.2 Å². The van der Waals surface area contributed by atoms with Gasteiger partial charge in [-0.05, 0) is 36.4 Å². The highest BCUT2D eigenvalue weighted by atomic mass is 35.5. The Hall–Kier alpha value is -2.85. The van der Waals surface area contributed by atoms with E-state index in [-0.39, 0.29) is 0 Å². The Morgan fingerprint density at radius 1 is 0.957 bits per heavy atom. The number of imidazole rings is 1. The molecule has 0 amide bonds. The molecule has 4 rings (SSSR count). The van der Waals surface area contributed by atoms with Crippen molar-refractivity contribution in [2.24, 2.45) is 0 Å². The van der Waals surface area contributed by atoms with E-state index in [2.05, 4.69) is 4.98 Å². The maximum atomic E-state index is 10.7. The molecule has 112 valence electrons. The van der Waals surface area contributed by atoms with Crippen molar-refractivity contribution in [1.82, 2.24) is 9.38 Å². The molecular formula is C18H11ClN2O2. The van der Waals surface area contributed by atoms with Crippen LogP contribution in [0.2, 0.25) is 5.02 Å². The summed E-state index contributed by atoms with van der Waals surface area (Å²) in [5, 5.41) is 0.698. The van der Waals surface area contributed by atoms with E-state index in [4.69, 9.17) is 16.0 Å². The lowest BCUT2D eigenvalue weighted by Gasteiger charge is -1.98. The van der Waals surface area contributed by atoms with Crippen molar-refractivity contribution in [1.29, 1.82) is 0 Å². The number of furan rings is 1. The van der Waals surface area contributed by atoms with Crippen molar-refractivity contribution in [3.63, 3.8) is 0 Å². The Labute approximate surface area is 137 Å². The van der Waals surface area contributed by atoms with Gasteiger partial charge < -0.3 is 8.82 Å². The summed E-state index contributed by atoms with van der Waals surface area (Å²) in [6, 6.07) is 14.8. The van der Waals surface area contributed by atoms with E-state index < -0.39 is 0 Å². The molecule has 0 spiro atoms. The molecule has 4 nitrogen and oxygen atoms in total. The number of hydrogen-bond acceptors (Lipinski definition) is 3. The molecule has 0 aliphatic heterocycles. The topological polar surface area (TPSA) is 47.5 Å². The number of halogens is 1. The normalized spacial score (nSPS) is 11.0. The fourth-order valence-corrected chi connectivity index (χ4v) is 2.59. The average Bonchev–Trinajstić information content (AvgIpc) is 3.21. The van der Waals surface area contributed by atoms with Crippen LogP contribution >= 0.6 is 11.6 Å². The van der Waals surface area contributed by atoms with Crippen molar-refractivity contribution >= 4 is 23.5 Å². The van der Waals surface area contributed by atoms with E-state index in [1.165, 1.54) is 0 Å². The standard InChI is InChI=1S/C18H11ClN2O2/c19-14-4-1-12(2-5-14)16-10-21-9-13(3-8-18(21)20-16)17-7-6-15(11-22)23-17/h1-11H. The highest BCUT2D eigenvalue weighted by molar-refractivity contribution is 6.30. The summed E-state index contributed by atoms with van der Waals surface area (Å²) < 4.78 is 7.39. The first-order valence-corrected chi connectivity index (χ1v) is 7.41. The molecule has 0 N–H and O–H groups in total. The Kier molecular flexibility index (Phi) is 3.24. The number of fused-ring (bicyclic) bond motifs is 1. The number of pyridine rings is 1. The first kappa shape index (κ1) is 13.8. The lowest BCUT2D eigenvalue weighted by Crippen LogP contribution is -1.84. The van der Waals surface area contributed by atoms with Gasteiger partial charge in [-0.15, -0.1) is 0 Å². The Balaban J connectivity index is 1.77. The molecule has 3 heterocycles. The third kappa shape index (κ3) is 2.53. The predicted molar refractivity (Wildman–Crippen MR) is 88.7 cm³/mol. The minimum atomic E-state index is 0.313. The van der Waals surface area contributed by atoms with Crippen LogP contribution in [-0.2, 0) is 0 Å². The molecule has 0 aliphatic rings. The fourth-order valence-electron chi connectivity index (χ4n) is 2.47. The third-order valence-corrected chi connectivity index (χ3v) is 3.87. The second-order valence-corrected chi connectivity index (χ2v) is 5.57. The number of benzene rings is 1. The van der Waals surface area contributed by atoms with E-state index in [9.17, 15) is 4.79 Å². The van der Waals surface area contributed by atoms with Crippen LogP contribution in [0.1, 0.15) is 10.6 Å². The van der Waals surface area contributed by atoms with Crippen LogP contribution in [0, 0.1) is 0 Å². The van der Waals surface area contributed by atoms with Gasteiger partial charge in [-0.3, -0.25) is 4.79 Å². The van der Waals surface area contributed by atoms with E-state index in [1.54, 1.807) is 12.1 Å². The molecule has 0 saturated heterocycles. The van der Waals surface area contributed by atoms with Gasteiger partial charge in [0.1, 0.15) is 11.4 Å². The summed E-state index contributed by atoms with van der Waals surface area (Å²) in [6.45, 7) is 0. The average molecular weight is 323 g/mol. The molecule has 1 aromatic carbocycles. The smallest absolute Gasteiger partial charge is 0.185 e. The molecule has 0 radical (unpaired) electrons. The quantitative estimate of drug-likeness (QED) is 0.512. The minimum Gasteiger partial charge on any atom is -0.453 e. The molecular weight excluding hydrogens is 312 g/mol. The molecule has 0 aliphatic carbocycles. The zero-order valence-corrected chi connectivity index (χ0v) is 12.7. The maximum absolute atomic E-state index is 10.7. The number of rotatable bonds is 3. The SMILES string of the molecule is O=Cc1ccc(-c2ccc3nc(-c4ccc(Cl)cc4)cn3c2)o1. The number of aldehydes is 1. The van der Waals surface area contributed by atoms with Crippen molar-refractivity contribution < 1.29 is 9.21 Å². The fraction of sp³-hybridized carbons (Fsp3) is 0. The summed E-state index contributed by atoms with van der Waals surface area (Å²) in [5.41, 5.74) is 3.58. The van der Waals surface area contributed by atoms with E-state index in [0.717, 1.165) is 22.5 Å². The number of carbonyl (C=O) groups excluding carboxylic acids is 1. The molecule has 0 saturated carbocycles. The Morgan fingerprint density at radius 3 is 2.48 bits per heavy atom. The predicted octanol–water partition coefficient (Wildman–Crippen LogP) is 4.73. The van der Waals surface area contributed by atoms with Crippen LogP contribution < -0.4 is 0 Å². The molecule has 0 atom stereocenters. The van der Waals surface area contributed by atoms with Crippen LogP contribution in [0.5, 0.6) is 0 Å². The molecule has 0 fully saturated rings. The third-order valence-electron chi connectivity index (χ3n) is 3.62. The van der Waals surface area contributed by atoms with Gasteiger partial charge in [0.15, 0.2) is 12.0 Å². The zero-order valence-electron chi connectivity index (χ0n) is 11.9. The monoisotopic (exact) mass is 322 g/mol. The number of carbonyl (C=O) groups is 1. The van der Waals surface area contributed by atoms with Crippen LogP contribution in [-0.4, -0.2) is 15.7 Å². The second-order valence-electron chi connectivity index (χ2n) is 5.14. The van der Waals surface area contributed by atoms with Gasteiger partial charge in [0.05, 0.1) is 5.69 Å². The molecule has 0 bridgehead atoms. The van der Waals surface area contributed by atoms with Crippen LogP contribution in [0.3, 0.4) is 0 Å². The molecule has 0 unspecified atom stereocenters. The van der Waals surface area contributed by atoms with Gasteiger partial charge >= 0.3 is 0 Å². The molecule has 3 aromatic heterocycles. The second kappa shape index (κ2) is 5.41. The van der Waals surface area contributed by atoms with Crippen LogP contribution in [0.15, 0.2) is 65.3 Å². The minimum absolute atomic E-state index is 0.313. The van der Waals surface area contributed by atoms with Crippen molar-refractivity contribution in [3.05, 3.63) is 71.7 Å². The van der Waals surface area contributed by atoms with Crippen molar-refractivity contribution in [2.45, 2.75) is 0 Å². The highest BCUT2D eigenvalue weighted by Gasteiger charge is 2.08. The number of nitrogens with zero attached hydrogens (tertiary/aromatic N) is 2. The van der Waals surface area contributed by atoms with Gasteiger partial charge in [-0.2, -0.15) is 0 Å². The van der Waals surface area contributed by atoms with E-state index in [0.29, 0.717) is 22.8 Å². The Morgan fingerprint density at radius 2 is 1.74 bits per heavy atom. The first-order chi connectivity index (χ1) is 11.2. The summed E-state index contributed by atoms with van der Waals surface area (Å²) in [5.74, 6) is 0.961. The van der Waals surface area contributed by atoms with Gasteiger partial charge in [-0.1, -0.05) is 23.7 Å². The van der Waals surface area contributed by atoms with Gasteiger partial charge in [0, 0.05) is 28.5 Å². The van der Waals surface area contributed by atoms with Gasteiger partial charge in [0.2, 0.25) is 0 Å². The summed E-state index contributed by atoms with van der Waals surface area (Å²) in [7, 11) is 0.